The van der Waals surface area contributed by atoms with Crippen LogP contribution >= 0.6 is 0 Å². The van der Waals surface area contributed by atoms with E-state index in [1.807, 2.05) is 0 Å². The monoisotopic (exact) mass is 519 g/mol. The van der Waals surface area contributed by atoms with Gasteiger partial charge < -0.3 is 4.74 Å². The number of hydrogen-bond donors (Lipinski definition) is 0. The van der Waals surface area contributed by atoms with E-state index in [0.717, 1.165) is 0 Å². The third-order valence-corrected chi connectivity index (χ3v) is 6.94. The molecule has 0 aliphatic carbocycles. The fraction of sp³-hybridized carbons (Fsp3) is 0.500. The van der Waals surface area contributed by atoms with Crippen LogP contribution in [0.3, 0.4) is 0 Å². The number of benzene rings is 1. The van der Waals surface area contributed by atoms with Gasteiger partial charge in [-0.1, -0.05) is 0 Å². The number of nitro groups is 1. The van der Waals surface area contributed by atoms with Crippen molar-refractivity contribution < 1.29 is 62.0 Å². The third kappa shape index (κ3) is 4.94. The summed E-state index contributed by atoms with van der Waals surface area (Å²) in [5.74, 6) is -10.0. The molecule has 0 aliphatic rings. The lowest BCUT2D eigenvalue weighted by Crippen LogP contribution is -2.55. The molecule has 1 rings (SSSR count). The zero-order chi connectivity index (χ0) is 25.5. The van der Waals surface area contributed by atoms with E-state index < -0.39 is 81.3 Å². The summed E-state index contributed by atoms with van der Waals surface area (Å²) in [4.78, 5) is 17.5. The molecule has 0 saturated heterocycles. The van der Waals surface area contributed by atoms with E-state index in [4.69, 9.17) is 0 Å². The van der Waals surface area contributed by atoms with Crippen molar-refractivity contribution in [2.24, 2.45) is 0 Å². The van der Waals surface area contributed by atoms with E-state index in [1.54, 1.807) is 0 Å². The molecule has 0 aromatic heterocycles. The lowest BCUT2D eigenvalue weighted by Gasteiger charge is -2.27. The normalized spacial score (nSPS) is 13.8. The van der Waals surface area contributed by atoms with Crippen LogP contribution in [-0.2, 0) is 29.2 Å². The summed E-state index contributed by atoms with van der Waals surface area (Å²) in [5.41, 5.74) is -1.77. The fourth-order valence-electron chi connectivity index (χ4n) is 2.08. The first kappa shape index (κ1) is 27.5. The highest BCUT2D eigenvalue weighted by atomic mass is 32.2. The van der Waals surface area contributed by atoms with Crippen molar-refractivity contribution in [1.29, 1.82) is 0 Å². The molecule has 0 amide bonds. The van der Waals surface area contributed by atoms with E-state index in [9.17, 15) is 62.5 Å². The van der Waals surface area contributed by atoms with Crippen molar-refractivity contribution in [3.8, 4) is 0 Å². The van der Waals surface area contributed by atoms with Crippen LogP contribution in [0.1, 0.15) is 13.8 Å². The zero-order valence-electron chi connectivity index (χ0n) is 15.7. The summed E-state index contributed by atoms with van der Waals surface area (Å²) in [7, 11) is -11.9. The number of nitro benzene ring substituents is 1. The molecule has 0 radical (unpaired) electrons. The second kappa shape index (κ2) is 8.45. The second-order valence-corrected chi connectivity index (χ2v) is 10.2. The molecule has 18 heteroatoms. The van der Waals surface area contributed by atoms with Gasteiger partial charge >= 0.3 is 23.3 Å². The summed E-state index contributed by atoms with van der Waals surface area (Å²) in [6, 6.07) is -0.579. The van der Waals surface area contributed by atoms with Crippen molar-refractivity contribution in [3.63, 3.8) is 0 Å². The molecule has 32 heavy (non-hydrogen) atoms. The SMILES string of the molecule is CC(C)OC(=O)CS(=O)(=O)c1ccc(S(=O)(=O)C(F)(F)C(F)(F)C(F)(F)F)cc1[N+](=O)[O-]. The van der Waals surface area contributed by atoms with Crippen molar-refractivity contribution >= 4 is 31.3 Å². The Morgan fingerprint density at radius 1 is 1.06 bits per heavy atom. The quantitative estimate of drug-likeness (QED) is 0.221. The van der Waals surface area contributed by atoms with Gasteiger partial charge in [0.25, 0.3) is 15.5 Å². The first-order valence-electron chi connectivity index (χ1n) is 7.87. The van der Waals surface area contributed by atoms with Crippen molar-refractivity contribution in [3.05, 3.63) is 28.3 Å². The zero-order valence-corrected chi connectivity index (χ0v) is 17.3. The first-order valence-corrected chi connectivity index (χ1v) is 11.0. The van der Waals surface area contributed by atoms with E-state index in [1.165, 1.54) is 13.8 Å². The number of carbonyl (C=O) groups excluding carboxylic acids is 1. The Balaban J connectivity index is 3.64. The van der Waals surface area contributed by atoms with Crippen molar-refractivity contribution in [2.75, 3.05) is 5.75 Å². The number of hydrogen-bond acceptors (Lipinski definition) is 8. The Kier molecular flexibility index (Phi) is 7.27. The Morgan fingerprint density at radius 3 is 1.97 bits per heavy atom. The number of esters is 1. The van der Waals surface area contributed by atoms with Gasteiger partial charge in [-0.05, 0) is 26.0 Å². The summed E-state index contributed by atoms with van der Waals surface area (Å²) < 4.78 is 143. The molecular weight excluding hydrogens is 507 g/mol. The van der Waals surface area contributed by atoms with Crippen LogP contribution in [0, 0.1) is 10.1 Å². The van der Waals surface area contributed by atoms with Gasteiger partial charge in [0.15, 0.2) is 15.6 Å². The Labute approximate surface area is 175 Å². The van der Waals surface area contributed by atoms with Gasteiger partial charge in [-0.25, -0.2) is 16.8 Å². The van der Waals surface area contributed by atoms with Crippen LogP contribution in [0.15, 0.2) is 28.0 Å². The third-order valence-electron chi connectivity index (χ3n) is 3.51. The van der Waals surface area contributed by atoms with Gasteiger partial charge in [-0.2, -0.15) is 30.7 Å². The molecule has 9 nitrogen and oxygen atoms in total. The molecule has 0 unspecified atom stereocenters. The van der Waals surface area contributed by atoms with Crippen molar-refractivity contribution in [1.82, 2.24) is 0 Å². The number of alkyl halides is 7. The molecule has 0 N–H and O–H groups in total. The largest absolute Gasteiger partial charge is 0.462 e. The molecule has 0 fully saturated rings. The van der Waals surface area contributed by atoms with Crippen LogP contribution in [0.25, 0.3) is 0 Å². The van der Waals surface area contributed by atoms with Crippen LogP contribution < -0.4 is 0 Å². The molecule has 1 aromatic carbocycles. The molecule has 0 aliphatic heterocycles. The van der Waals surface area contributed by atoms with E-state index in [2.05, 4.69) is 4.74 Å². The van der Waals surface area contributed by atoms with Gasteiger partial charge in [0.05, 0.1) is 15.9 Å². The van der Waals surface area contributed by atoms with E-state index >= 15 is 0 Å². The van der Waals surface area contributed by atoms with E-state index in [-0.39, 0.29) is 12.1 Å². The highest BCUT2D eigenvalue weighted by Gasteiger charge is 2.78. The summed E-state index contributed by atoms with van der Waals surface area (Å²) in [6.45, 7) is 2.65. The highest BCUT2D eigenvalue weighted by molar-refractivity contribution is 7.93. The maximum atomic E-state index is 13.7. The number of sulfone groups is 2. The van der Waals surface area contributed by atoms with Gasteiger partial charge in [0.2, 0.25) is 0 Å². The first-order chi connectivity index (χ1) is 14.1. The molecular formula is C14H12F7NO8S2. The Bertz CT molecular complexity index is 1130. The maximum Gasteiger partial charge on any atom is 0.461 e. The average Bonchev–Trinajstić information content (AvgIpc) is 2.58. The molecule has 1 aromatic rings. The maximum absolute atomic E-state index is 13.7. The molecule has 0 atom stereocenters. The predicted octanol–water partition coefficient (Wildman–Crippen LogP) is 2.88. The average molecular weight is 519 g/mol. The smallest absolute Gasteiger partial charge is 0.461 e. The Hall–Kier alpha value is -2.50. The van der Waals surface area contributed by atoms with Gasteiger partial charge in [0.1, 0.15) is 4.90 Å². The molecule has 0 spiro atoms. The molecule has 0 heterocycles. The minimum atomic E-state index is -7.10. The number of carbonyl (C=O) groups is 1. The Morgan fingerprint density at radius 2 is 1.56 bits per heavy atom. The highest BCUT2D eigenvalue weighted by Crippen LogP contribution is 2.51. The van der Waals surface area contributed by atoms with Gasteiger partial charge in [0, 0.05) is 6.07 Å². The lowest BCUT2D eigenvalue weighted by molar-refractivity contribution is -0.388. The van der Waals surface area contributed by atoms with Gasteiger partial charge in [-0.15, -0.1) is 0 Å². The van der Waals surface area contributed by atoms with Crippen molar-refractivity contribution in [2.45, 2.75) is 47.1 Å². The molecule has 0 bridgehead atoms. The van der Waals surface area contributed by atoms with Crippen LogP contribution in [0.2, 0.25) is 0 Å². The molecule has 0 saturated carbocycles. The van der Waals surface area contributed by atoms with E-state index in [0.29, 0.717) is 0 Å². The topological polar surface area (TPSA) is 138 Å². The summed E-state index contributed by atoms with van der Waals surface area (Å²) in [6.07, 6.45) is -7.83. The number of ether oxygens (including phenoxy) is 1. The lowest BCUT2D eigenvalue weighted by atomic mass is 10.3. The number of halogens is 7. The minimum absolute atomic E-state index is 0.00478. The van der Waals surface area contributed by atoms with Crippen LogP contribution in [-0.4, -0.2) is 56.9 Å². The standard InChI is InChI=1S/C14H12F7NO8S2/c1-7(2)30-11(23)6-31(26,27)10-4-3-8(5-9(10)22(24)25)32(28,29)14(20,21)12(15,16)13(17,18)19/h3-5,7H,6H2,1-2H3. The summed E-state index contributed by atoms with van der Waals surface area (Å²) >= 11 is 0. The number of rotatable bonds is 8. The van der Waals surface area contributed by atoms with Crippen LogP contribution in [0.5, 0.6) is 0 Å². The number of nitrogens with zero attached hydrogens (tertiary/aromatic N) is 1. The summed E-state index contributed by atoms with van der Waals surface area (Å²) in [5, 5.41) is 4.32. The minimum Gasteiger partial charge on any atom is -0.462 e. The second-order valence-electron chi connectivity index (χ2n) is 6.28. The van der Waals surface area contributed by atoms with Crippen LogP contribution in [0.4, 0.5) is 36.4 Å². The predicted molar refractivity (Wildman–Crippen MR) is 89.5 cm³/mol. The molecule has 182 valence electrons. The fourth-order valence-corrected chi connectivity index (χ4v) is 4.61. The van der Waals surface area contributed by atoms with Gasteiger partial charge in [-0.3, -0.25) is 14.9 Å².